The number of H-pyrrole nitrogens is 2. The molecular formula is C56H80FN18O30P5. The number of amides is 1. The highest BCUT2D eigenvalue weighted by Crippen LogP contribution is 2.56. The number of phosphoric acid groups is 4. The number of nitrogen functional groups attached to an aromatic ring is 3. The molecule has 12 rings (SSSR count). The molecule has 606 valence electrons. The summed E-state index contributed by atoms with van der Waals surface area (Å²) in [4.78, 5) is 140. The Kier molecular flexibility index (Phi) is 25.0. The van der Waals surface area contributed by atoms with Gasteiger partial charge in [-0.1, -0.05) is 13.8 Å². The zero-order chi connectivity index (χ0) is 79.4. The summed E-state index contributed by atoms with van der Waals surface area (Å²) in [5, 5.41) is 2.50. The highest BCUT2D eigenvalue weighted by atomic mass is 31.2. The first kappa shape index (κ1) is 82.6. The maximum absolute atomic E-state index is 16.2. The van der Waals surface area contributed by atoms with E-state index >= 15 is 4.39 Å². The van der Waals surface area contributed by atoms with Gasteiger partial charge < -0.3 is 84.7 Å². The smallest absolute Gasteiger partial charge is 0.383 e. The Hall–Kier alpha value is -6.89. The number of nitrogens with one attached hydrogen (secondary N) is 3. The summed E-state index contributed by atoms with van der Waals surface area (Å²) in [7, 11) is -23.6. The predicted molar refractivity (Wildman–Crippen MR) is 370 cm³/mol. The van der Waals surface area contributed by atoms with Gasteiger partial charge in [-0.3, -0.25) is 89.1 Å². The number of ether oxygens (including phenoxy) is 7. The number of carbonyl (C=O) groups excluding carboxylic acids is 1. The third-order valence-corrected chi connectivity index (χ3v) is 23.4. The van der Waals surface area contributed by atoms with Gasteiger partial charge in [0.2, 0.25) is 5.95 Å². The minimum Gasteiger partial charge on any atom is -0.383 e. The molecule has 5 fully saturated rings. The summed E-state index contributed by atoms with van der Waals surface area (Å²) in [5.41, 5.74) is 20.1. The fourth-order valence-electron chi connectivity index (χ4n) is 12.7. The van der Waals surface area contributed by atoms with E-state index in [0.29, 0.717) is 0 Å². The van der Waals surface area contributed by atoms with Gasteiger partial charge in [0.1, 0.15) is 103 Å². The molecule has 0 aliphatic carbocycles. The molecule has 12 heterocycles. The van der Waals surface area contributed by atoms with Crippen molar-refractivity contribution >= 4 is 85.1 Å². The summed E-state index contributed by atoms with van der Waals surface area (Å²) in [6.07, 6.45) is -23.0. The van der Waals surface area contributed by atoms with E-state index in [2.05, 4.69) is 45.2 Å². The van der Waals surface area contributed by atoms with E-state index in [1.54, 1.807) is 27.7 Å². The number of hydrogen-bond acceptors (Lipinski definition) is 37. The minimum absolute atomic E-state index is 0.0658. The summed E-state index contributed by atoms with van der Waals surface area (Å²) in [6, 6.07) is 1.21. The highest BCUT2D eigenvalue weighted by molar-refractivity contribution is 7.48. The SMILES string of the molecule is COC1C(OP(=O)(O)OCC2OC(n3ccc(N)nc3=O)C(F)C2OC(C)C)C(COP(=O)(O)OC2CC(n3cnc4c(N)ncnc43)OC2COP(=O)(O)OC2CC(n3cnc4c(=O)[nH]c(N)nc43)OC2COP(=O)(O)OC2CC(n3cc(C)c(=O)[nH]c3=O)OC2CO[PH](=O)C(C)C)OC1N1C=C(C)C(=O)NC1N. The van der Waals surface area contributed by atoms with Crippen LogP contribution >= 0.6 is 39.3 Å². The molecule has 54 heteroatoms. The third kappa shape index (κ3) is 18.6. The van der Waals surface area contributed by atoms with Crippen LogP contribution in [-0.2, 0) is 101 Å². The number of rotatable bonds is 32. The van der Waals surface area contributed by atoms with Crippen LogP contribution in [0, 0.1) is 6.92 Å². The topological polar surface area (TPSA) is 647 Å². The van der Waals surface area contributed by atoms with Crippen LogP contribution < -0.4 is 50.7 Å². The molecule has 6 aliphatic heterocycles. The molecule has 0 bridgehead atoms. The van der Waals surface area contributed by atoms with Gasteiger partial charge in [-0.15, -0.1) is 0 Å². The van der Waals surface area contributed by atoms with Crippen LogP contribution in [0.5, 0.6) is 0 Å². The molecule has 6 aliphatic rings. The average Bonchev–Trinajstić information content (AvgIpc) is 1.62. The van der Waals surface area contributed by atoms with Gasteiger partial charge in [0.25, 0.3) is 17.0 Å². The number of nitrogens with zero attached hydrogens (tertiary/aromatic N) is 11. The second kappa shape index (κ2) is 33.3. The van der Waals surface area contributed by atoms with Gasteiger partial charge >= 0.3 is 42.7 Å². The molecular weight excluding hydrogens is 1580 g/mol. The van der Waals surface area contributed by atoms with Gasteiger partial charge in [0.05, 0.1) is 51.8 Å². The second-order valence-corrected chi connectivity index (χ2v) is 34.1. The number of aromatic nitrogens is 12. The largest absolute Gasteiger partial charge is 0.472 e. The maximum atomic E-state index is 16.2. The summed E-state index contributed by atoms with van der Waals surface area (Å²) in [6.45, 7) is 4.68. The number of aromatic amines is 2. The molecule has 23 unspecified atom stereocenters. The molecule has 1 amide bonds. The first-order valence-electron chi connectivity index (χ1n) is 33.6. The molecule has 0 aromatic carbocycles. The fourth-order valence-corrected chi connectivity index (χ4v) is 17.2. The number of carbonyl (C=O) groups is 1. The van der Waals surface area contributed by atoms with Crippen molar-refractivity contribution < 1.29 is 125 Å². The van der Waals surface area contributed by atoms with Crippen molar-refractivity contribution in [3.8, 4) is 0 Å². The number of halogens is 1. The van der Waals surface area contributed by atoms with E-state index in [9.17, 15) is 66.4 Å². The van der Waals surface area contributed by atoms with Crippen molar-refractivity contribution in [1.29, 1.82) is 0 Å². The van der Waals surface area contributed by atoms with Crippen LogP contribution in [0.1, 0.15) is 84.4 Å². The number of phosphoric ester groups is 4. The number of alkyl halides is 1. The van der Waals surface area contributed by atoms with E-state index in [1.165, 1.54) is 52.7 Å². The van der Waals surface area contributed by atoms with E-state index in [4.69, 9.17) is 96.8 Å². The Morgan fingerprint density at radius 2 is 1.16 bits per heavy atom. The summed E-state index contributed by atoms with van der Waals surface area (Å²) >= 11 is 0. The van der Waals surface area contributed by atoms with Crippen molar-refractivity contribution in [2.75, 3.05) is 57.3 Å². The second-order valence-electron chi connectivity index (χ2n) is 26.4. The number of imidazole rings is 2. The lowest BCUT2D eigenvalue weighted by Crippen LogP contribution is -2.60. The summed E-state index contributed by atoms with van der Waals surface area (Å²) < 4.78 is 183. The molecule has 15 N–H and O–H groups in total. The quantitative estimate of drug-likeness (QED) is 0.0246. The van der Waals surface area contributed by atoms with Gasteiger partial charge in [0.15, 0.2) is 55.6 Å². The average molecular weight is 1660 g/mol. The Morgan fingerprint density at radius 1 is 0.636 bits per heavy atom. The van der Waals surface area contributed by atoms with Gasteiger partial charge in [-0.2, -0.15) is 9.97 Å². The van der Waals surface area contributed by atoms with E-state index in [1.807, 2.05) is 0 Å². The number of hydrogen-bond donors (Lipinski definition) is 11. The molecule has 48 nitrogen and oxygen atoms in total. The van der Waals surface area contributed by atoms with Crippen LogP contribution in [0.2, 0.25) is 0 Å². The maximum Gasteiger partial charge on any atom is 0.472 e. The first-order valence-corrected chi connectivity index (χ1v) is 41.0. The van der Waals surface area contributed by atoms with Crippen LogP contribution in [0.25, 0.3) is 22.3 Å². The Labute approximate surface area is 619 Å². The lowest BCUT2D eigenvalue weighted by molar-refractivity contribution is -0.129. The molecule has 6 aromatic rings. The molecule has 0 saturated carbocycles. The van der Waals surface area contributed by atoms with Crippen molar-refractivity contribution in [1.82, 2.24) is 68.4 Å². The highest BCUT2D eigenvalue weighted by Gasteiger charge is 2.56. The molecule has 110 heavy (non-hydrogen) atoms. The van der Waals surface area contributed by atoms with Crippen LogP contribution in [-0.4, -0.2) is 226 Å². The number of methoxy groups -OCH3 is 1. The number of aryl methyl sites for hydroxylation is 1. The number of nitrogens with two attached hydrogens (primary N) is 4. The zero-order valence-corrected chi connectivity index (χ0v) is 63.6. The molecule has 6 aromatic heterocycles. The van der Waals surface area contributed by atoms with Crippen molar-refractivity contribution in [2.24, 2.45) is 5.73 Å². The van der Waals surface area contributed by atoms with E-state index in [0.717, 1.165) is 35.1 Å². The predicted octanol–water partition coefficient (Wildman–Crippen LogP) is -0.0605. The van der Waals surface area contributed by atoms with Crippen LogP contribution in [0.15, 0.2) is 68.4 Å². The van der Waals surface area contributed by atoms with Crippen LogP contribution in [0.4, 0.5) is 22.0 Å². The Bertz CT molecular complexity index is 4900. The zero-order valence-electron chi connectivity index (χ0n) is 59.0. The monoisotopic (exact) mass is 1660 g/mol. The Morgan fingerprint density at radius 3 is 1.73 bits per heavy atom. The molecule has 0 spiro atoms. The number of anilines is 3. The lowest BCUT2D eigenvalue weighted by Gasteiger charge is -2.38. The number of fused-ring (bicyclic) bond motifs is 2. The molecule has 0 radical (unpaired) electrons. The van der Waals surface area contributed by atoms with Crippen molar-refractivity contribution in [3.05, 3.63) is 96.5 Å². The minimum atomic E-state index is -5.58. The van der Waals surface area contributed by atoms with Gasteiger partial charge in [-0.25, -0.2) is 52.2 Å². The normalized spacial score (nSPS) is 31.1. The lowest BCUT2D eigenvalue weighted by atomic mass is 10.1. The Balaban J connectivity index is 0.769. The first-order chi connectivity index (χ1) is 51.8. The molecule has 23 atom stereocenters. The van der Waals surface area contributed by atoms with E-state index in [-0.39, 0.29) is 57.5 Å². The van der Waals surface area contributed by atoms with Crippen LogP contribution in [0.3, 0.4) is 0 Å². The van der Waals surface area contributed by atoms with Crippen molar-refractivity contribution in [2.45, 2.75) is 183 Å². The standard InChI is InChI=1S/C56H80FN18O30P5/c1-23(2)96-42-33(100-51(39(42)57)71-9-8-35(58)66-55(71)79)18-95-110(88,89)105-43-34(101-52(44(43)90-7)73-14-26(6)48(76)69-54(73)61)19-94-109(86,87)104-28-11-37(74-21-64-40-45(59)62-20-63-46(40)74)98-31(28)16-93-108(84,85)103-29-12-38(75-22-65-41-47(75)67-53(60)68-50(41)78)99-32(29)17-92-107(82,83)102-27-10-36(72-13-25(5)49(77)70-56(72)80)97-30(27)15-91-106(81)24(3)4/h8-9,13-14,20-24,27-34,36-39,42-44,51-52,54,106H,10-12,15-19,61H2,1-7H3,(H,69,76)(H,82,83)(H,84,85)(H,86,87)(H,88,89)(H2,58,66,79)(H2,59,62,63)(H,70,77,80)(H3,60,67,68,78). The van der Waals surface area contributed by atoms with Crippen molar-refractivity contribution in [3.63, 3.8) is 0 Å². The molecule has 5 saturated heterocycles. The van der Waals surface area contributed by atoms with Gasteiger partial charge in [-0.05, 0) is 33.8 Å². The van der Waals surface area contributed by atoms with Gasteiger partial charge in [0, 0.05) is 61.8 Å². The van der Waals surface area contributed by atoms with E-state index < -0.39 is 236 Å². The fraction of sp³-hybridized carbons (Fsp3) is 0.625. The third-order valence-electron chi connectivity index (χ3n) is 18.0. The summed E-state index contributed by atoms with van der Waals surface area (Å²) in [5.74, 6) is -1.18.